The van der Waals surface area contributed by atoms with Crippen LogP contribution in [0.1, 0.15) is 55.4 Å². The highest BCUT2D eigenvalue weighted by Crippen LogP contribution is 2.33. The maximum Gasteiger partial charge on any atom is 0.0178 e. The van der Waals surface area contributed by atoms with Gasteiger partial charge in [0.2, 0.25) is 0 Å². The second-order valence-corrected chi connectivity index (χ2v) is 6.18. The molecule has 0 N–H and O–H groups in total. The molecule has 14 heavy (non-hydrogen) atoms. The molecule has 86 valence electrons. The molecule has 1 nitrogen and oxygen atoms in total. The molecule has 0 fully saturated rings. The van der Waals surface area contributed by atoms with Gasteiger partial charge < -0.3 is 0 Å². The summed E-state index contributed by atoms with van der Waals surface area (Å²) in [7, 11) is 2.25. The minimum atomic E-state index is 0.258. The van der Waals surface area contributed by atoms with E-state index < -0.39 is 0 Å². The first-order valence-corrected chi connectivity index (χ1v) is 5.78. The smallest absolute Gasteiger partial charge is 0.0178 e. The fourth-order valence-electron chi connectivity index (χ4n) is 1.52. The second kappa shape index (κ2) is 4.22. The molecule has 0 amide bonds. The topological polar surface area (TPSA) is 3.24 Å². The first kappa shape index (κ1) is 14.0. The van der Waals surface area contributed by atoms with Gasteiger partial charge in [-0.15, -0.1) is 0 Å². The normalized spacial score (nSPS) is 14.6. The van der Waals surface area contributed by atoms with Crippen molar-refractivity contribution in [2.45, 2.75) is 66.5 Å². The monoisotopic (exact) mass is 199 g/mol. The molecular weight excluding hydrogens is 170 g/mol. The van der Waals surface area contributed by atoms with Gasteiger partial charge in [-0.3, -0.25) is 4.90 Å². The zero-order valence-corrected chi connectivity index (χ0v) is 11.6. The summed E-state index contributed by atoms with van der Waals surface area (Å²) in [6.07, 6.45) is 0. The molecular formula is C13H29N. The molecule has 0 aliphatic rings. The molecule has 0 spiro atoms. The summed E-state index contributed by atoms with van der Waals surface area (Å²) in [5.74, 6) is 1.34. The number of hydrogen-bond acceptors (Lipinski definition) is 1. The van der Waals surface area contributed by atoms with Crippen LogP contribution in [0.15, 0.2) is 0 Å². The van der Waals surface area contributed by atoms with Gasteiger partial charge in [-0.25, -0.2) is 0 Å². The Bertz CT molecular complexity index is 158. The number of hydrogen-bond donors (Lipinski definition) is 0. The van der Waals surface area contributed by atoms with Crippen molar-refractivity contribution in [1.29, 1.82) is 0 Å². The van der Waals surface area contributed by atoms with E-state index in [4.69, 9.17) is 0 Å². The van der Waals surface area contributed by atoms with Crippen molar-refractivity contribution in [3.05, 3.63) is 0 Å². The lowest BCUT2D eigenvalue weighted by molar-refractivity contribution is -0.0110. The van der Waals surface area contributed by atoms with Gasteiger partial charge >= 0.3 is 0 Å². The third-order valence-electron chi connectivity index (χ3n) is 4.55. The zero-order chi connectivity index (χ0) is 11.7. The van der Waals surface area contributed by atoms with Gasteiger partial charge in [0.25, 0.3) is 0 Å². The molecule has 0 rings (SSSR count). The minimum Gasteiger partial charge on any atom is -0.296 e. The standard InChI is InChI=1S/C13H29N/c1-10(2)12(5,6)14(9)13(7,8)11(3)4/h10-11H,1-9H3. The van der Waals surface area contributed by atoms with E-state index in [-0.39, 0.29) is 11.1 Å². The summed E-state index contributed by atoms with van der Waals surface area (Å²) in [6.45, 7) is 18.5. The molecule has 0 aromatic heterocycles. The van der Waals surface area contributed by atoms with Gasteiger partial charge in [-0.1, -0.05) is 27.7 Å². The van der Waals surface area contributed by atoms with Crippen LogP contribution in [0, 0.1) is 11.8 Å². The first-order chi connectivity index (χ1) is 6.04. The Kier molecular flexibility index (Phi) is 4.21. The third kappa shape index (κ3) is 2.50. The summed E-state index contributed by atoms with van der Waals surface area (Å²) in [5, 5.41) is 0. The average Bonchev–Trinajstić information content (AvgIpc) is 2.02. The van der Waals surface area contributed by atoms with E-state index >= 15 is 0 Å². The van der Waals surface area contributed by atoms with E-state index in [0.29, 0.717) is 11.8 Å². The van der Waals surface area contributed by atoms with Crippen molar-refractivity contribution >= 4 is 0 Å². The van der Waals surface area contributed by atoms with E-state index in [1.165, 1.54) is 0 Å². The molecule has 0 aliphatic carbocycles. The predicted molar refractivity (Wildman–Crippen MR) is 65.6 cm³/mol. The van der Waals surface area contributed by atoms with Crippen LogP contribution >= 0.6 is 0 Å². The lowest BCUT2D eigenvalue weighted by Gasteiger charge is -2.50. The van der Waals surface area contributed by atoms with Crippen molar-refractivity contribution < 1.29 is 0 Å². The Hall–Kier alpha value is -0.0400. The first-order valence-electron chi connectivity index (χ1n) is 5.78. The van der Waals surface area contributed by atoms with Crippen molar-refractivity contribution in [3.8, 4) is 0 Å². The van der Waals surface area contributed by atoms with Crippen LogP contribution in [0.25, 0.3) is 0 Å². The van der Waals surface area contributed by atoms with E-state index in [0.717, 1.165) is 0 Å². The fraction of sp³-hybridized carbons (Fsp3) is 1.00. The van der Waals surface area contributed by atoms with Crippen LogP contribution < -0.4 is 0 Å². The molecule has 0 heterocycles. The fourth-order valence-corrected chi connectivity index (χ4v) is 1.52. The molecule has 0 bridgehead atoms. The quantitative estimate of drug-likeness (QED) is 0.666. The van der Waals surface area contributed by atoms with Crippen LogP contribution in [0.3, 0.4) is 0 Å². The van der Waals surface area contributed by atoms with E-state index in [1.54, 1.807) is 0 Å². The van der Waals surface area contributed by atoms with Crippen LogP contribution in [0.5, 0.6) is 0 Å². The maximum absolute atomic E-state index is 2.52. The molecule has 0 radical (unpaired) electrons. The molecule has 0 aromatic rings. The Morgan fingerprint density at radius 2 is 0.929 bits per heavy atom. The van der Waals surface area contributed by atoms with Gasteiger partial charge in [-0.2, -0.15) is 0 Å². The highest BCUT2D eigenvalue weighted by atomic mass is 15.2. The Labute approximate surface area is 90.9 Å². The summed E-state index contributed by atoms with van der Waals surface area (Å²) >= 11 is 0. The molecule has 0 aromatic carbocycles. The zero-order valence-electron chi connectivity index (χ0n) is 11.6. The van der Waals surface area contributed by atoms with E-state index in [2.05, 4.69) is 67.3 Å². The molecule has 1 heteroatoms. The molecule has 0 saturated heterocycles. The molecule has 0 atom stereocenters. The van der Waals surface area contributed by atoms with E-state index in [1.807, 2.05) is 0 Å². The van der Waals surface area contributed by atoms with Crippen molar-refractivity contribution in [3.63, 3.8) is 0 Å². The summed E-state index contributed by atoms with van der Waals surface area (Å²) < 4.78 is 0. The Morgan fingerprint density at radius 1 is 0.714 bits per heavy atom. The highest BCUT2D eigenvalue weighted by Gasteiger charge is 2.38. The van der Waals surface area contributed by atoms with Gasteiger partial charge in [0.15, 0.2) is 0 Å². The SMILES string of the molecule is CC(C)C(C)(C)N(C)C(C)(C)C(C)C. The maximum atomic E-state index is 2.52. The lowest BCUT2D eigenvalue weighted by Crippen LogP contribution is -2.57. The van der Waals surface area contributed by atoms with Crippen LogP contribution in [0.2, 0.25) is 0 Å². The third-order valence-corrected chi connectivity index (χ3v) is 4.55. The number of rotatable bonds is 4. The summed E-state index contributed by atoms with van der Waals surface area (Å²) in [5.41, 5.74) is 0.515. The Balaban J connectivity index is 4.85. The second-order valence-electron chi connectivity index (χ2n) is 6.18. The summed E-state index contributed by atoms with van der Waals surface area (Å²) in [6, 6.07) is 0. The van der Waals surface area contributed by atoms with Crippen molar-refractivity contribution in [2.75, 3.05) is 7.05 Å². The lowest BCUT2D eigenvalue weighted by atomic mass is 9.80. The van der Waals surface area contributed by atoms with Crippen molar-refractivity contribution in [2.24, 2.45) is 11.8 Å². The van der Waals surface area contributed by atoms with Crippen LogP contribution in [0.4, 0.5) is 0 Å². The van der Waals surface area contributed by atoms with Gasteiger partial charge in [-0.05, 0) is 46.6 Å². The molecule has 0 aliphatic heterocycles. The number of nitrogens with zero attached hydrogens (tertiary/aromatic N) is 1. The van der Waals surface area contributed by atoms with Gasteiger partial charge in [0.05, 0.1) is 0 Å². The van der Waals surface area contributed by atoms with Crippen molar-refractivity contribution in [1.82, 2.24) is 4.90 Å². The molecule has 0 saturated carbocycles. The summed E-state index contributed by atoms with van der Waals surface area (Å²) in [4.78, 5) is 2.52. The highest BCUT2D eigenvalue weighted by molar-refractivity contribution is 4.93. The average molecular weight is 199 g/mol. The molecule has 0 unspecified atom stereocenters. The van der Waals surface area contributed by atoms with Gasteiger partial charge in [0, 0.05) is 11.1 Å². The minimum absolute atomic E-state index is 0.258. The van der Waals surface area contributed by atoms with E-state index in [9.17, 15) is 0 Å². The predicted octanol–water partition coefficient (Wildman–Crippen LogP) is 3.79. The largest absolute Gasteiger partial charge is 0.296 e. The van der Waals surface area contributed by atoms with Crippen LogP contribution in [-0.2, 0) is 0 Å². The van der Waals surface area contributed by atoms with Crippen LogP contribution in [-0.4, -0.2) is 23.0 Å². The Morgan fingerprint density at radius 3 is 1.07 bits per heavy atom. The van der Waals surface area contributed by atoms with Gasteiger partial charge in [0.1, 0.15) is 0 Å².